The smallest absolute Gasteiger partial charge is 0.246 e. The summed E-state index contributed by atoms with van der Waals surface area (Å²) in [6.07, 6.45) is 5.10. The highest BCUT2D eigenvalue weighted by atomic mass is 16.5. The summed E-state index contributed by atoms with van der Waals surface area (Å²) >= 11 is 0. The van der Waals surface area contributed by atoms with Crippen molar-refractivity contribution >= 4 is 12.0 Å². The van der Waals surface area contributed by atoms with Crippen molar-refractivity contribution in [3.63, 3.8) is 0 Å². The second-order valence-corrected chi connectivity index (χ2v) is 5.81. The molecule has 2 aromatic rings. The molecule has 0 unspecified atom stereocenters. The van der Waals surface area contributed by atoms with Gasteiger partial charge in [0.2, 0.25) is 11.8 Å². The molecule has 124 valence electrons. The summed E-state index contributed by atoms with van der Waals surface area (Å²) in [4.78, 5) is 20.5. The number of benzene rings is 1. The molecule has 0 N–H and O–H groups in total. The van der Waals surface area contributed by atoms with Crippen LogP contribution in [0.5, 0.6) is 11.6 Å². The van der Waals surface area contributed by atoms with Gasteiger partial charge in [-0.1, -0.05) is 18.2 Å². The van der Waals surface area contributed by atoms with E-state index in [9.17, 15) is 4.79 Å². The maximum atomic E-state index is 12.2. The van der Waals surface area contributed by atoms with Gasteiger partial charge in [0.1, 0.15) is 5.75 Å². The number of likely N-dealkylation sites (N-methyl/N-ethyl adjacent to an activating group) is 1. The average molecular weight is 323 g/mol. The number of carbonyl (C=O) groups excluding carboxylic acids is 1. The van der Waals surface area contributed by atoms with Crippen LogP contribution in [0.25, 0.3) is 6.08 Å². The van der Waals surface area contributed by atoms with Gasteiger partial charge in [-0.05, 0) is 36.9 Å². The second kappa shape index (κ2) is 7.75. The lowest BCUT2D eigenvalue weighted by molar-refractivity contribution is -0.127. The molecule has 1 saturated heterocycles. The van der Waals surface area contributed by atoms with Crippen molar-refractivity contribution in [1.29, 1.82) is 0 Å². The Morgan fingerprint density at radius 3 is 2.50 bits per heavy atom. The van der Waals surface area contributed by atoms with Crippen molar-refractivity contribution in [1.82, 2.24) is 14.8 Å². The minimum Gasteiger partial charge on any atom is -0.439 e. The number of hydrogen-bond acceptors (Lipinski definition) is 4. The van der Waals surface area contributed by atoms with Crippen molar-refractivity contribution < 1.29 is 9.53 Å². The van der Waals surface area contributed by atoms with E-state index in [2.05, 4.69) is 16.9 Å². The Balaban J connectivity index is 1.56. The molecular weight excluding hydrogens is 302 g/mol. The van der Waals surface area contributed by atoms with Crippen LogP contribution < -0.4 is 4.74 Å². The largest absolute Gasteiger partial charge is 0.439 e. The fourth-order valence-corrected chi connectivity index (χ4v) is 2.46. The molecule has 0 aliphatic carbocycles. The molecule has 0 saturated carbocycles. The molecule has 0 bridgehead atoms. The Bertz CT molecular complexity index is 690. The highest BCUT2D eigenvalue weighted by Gasteiger charge is 2.16. The Morgan fingerprint density at radius 1 is 1.08 bits per heavy atom. The number of ether oxygens (including phenoxy) is 1. The summed E-state index contributed by atoms with van der Waals surface area (Å²) in [5.41, 5.74) is 0.873. The molecular formula is C19H21N3O2. The second-order valence-electron chi connectivity index (χ2n) is 5.81. The third-order valence-electron chi connectivity index (χ3n) is 3.96. The summed E-state index contributed by atoms with van der Waals surface area (Å²) in [7, 11) is 2.07. The maximum absolute atomic E-state index is 12.2. The Hall–Kier alpha value is -2.66. The van der Waals surface area contributed by atoms with Gasteiger partial charge in [0.05, 0.1) is 0 Å². The van der Waals surface area contributed by atoms with Gasteiger partial charge in [-0.15, -0.1) is 0 Å². The molecule has 1 aliphatic heterocycles. The Morgan fingerprint density at radius 2 is 1.83 bits per heavy atom. The summed E-state index contributed by atoms with van der Waals surface area (Å²) in [5.74, 6) is 1.33. The van der Waals surface area contributed by atoms with Crippen LogP contribution in [0.4, 0.5) is 0 Å². The summed E-state index contributed by atoms with van der Waals surface area (Å²) in [6, 6.07) is 13.2. The number of amides is 1. The molecule has 1 fully saturated rings. The monoisotopic (exact) mass is 323 g/mol. The molecule has 1 aromatic carbocycles. The predicted molar refractivity (Wildman–Crippen MR) is 93.9 cm³/mol. The van der Waals surface area contributed by atoms with Crippen LogP contribution in [0, 0.1) is 0 Å². The van der Waals surface area contributed by atoms with E-state index in [0.29, 0.717) is 5.88 Å². The Kier molecular flexibility index (Phi) is 5.23. The molecule has 1 aliphatic rings. The number of para-hydroxylation sites is 1. The van der Waals surface area contributed by atoms with Crippen LogP contribution >= 0.6 is 0 Å². The van der Waals surface area contributed by atoms with Crippen molar-refractivity contribution in [3.05, 3.63) is 60.3 Å². The minimum atomic E-state index is 0.0488. The zero-order chi connectivity index (χ0) is 16.8. The number of rotatable bonds is 4. The number of carbonyl (C=O) groups is 1. The third kappa shape index (κ3) is 4.43. The van der Waals surface area contributed by atoms with E-state index >= 15 is 0 Å². The van der Waals surface area contributed by atoms with Gasteiger partial charge in [0, 0.05) is 44.5 Å². The number of hydrogen-bond donors (Lipinski definition) is 0. The van der Waals surface area contributed by atoms with Gasteiger partial charge >= 0.3 is 0 Å². The molecule has 1 aromatic heterocycles. The lowest BCUT2D eigenvalue weighted by Gasteiger charge is -2.31. The van der Waals surface area contributed by atoms with Gasteiger partial charge in [-0.2, -0.15) is 0 Å². The first kappa shape index (κ1) is 16.2. The average Bonchev–Trinajstić information content (AvgIpc) is 2.62. The molecule has 0 spiro atoms. The number of piperazine rings is 1. The highest BCUT2D eigenvalue weighted by Crippen LogP contribution is 2.18. The molecule has 5 nitrogen and oxygen atoms in total. The molecule has 0 atom stereocenters. The van der Waals surface area contributed by atoms with Gasteiger partial charge in [-0.25, -0.2) is 4.98 Å². The first-order valence-corrected chi connectivity index (χ1v) is 8.05. The van der Waals surface area contributed by atoms with Crippen LogP contribution in [-0.4, -0.2) is 53.9 Å². The third-order valence-corrected chi connectivity index (χ3v) is 3.96. The van der Waals surface area contributed by atoms with Crippen molar-refractivity contribution in [3.8, 4) is 11.6 Å². The number of pyridine rings is 1. The van der Waals surface area contributed by atoms with E-state index in [1.165, 1.54) is 0 Å². The molecule has 2 heterocycles. The molecule has 3 rings (SSSR count). The van der Waals surface area contributed by atoms with E-state index in [1.54, 1.807) is 24.4 Å². The van der Waals surface area contributed by atoms with E-state index in [0.717, 1.165) is 37.5 Å². The zero-order valence-corrected chi connectivity index (χ0v) is 13.8. The topological polar surface area (TPSA) is 45.7 Å². The molecule has 0 radical (unpaired) electrons. The van der Waals surface area contributed by atoms with Crippen molar-refractivity contribution in [2.45, 2.75) is 0 Å². The fourth-order valence-electron chi connectivity index (χ4n) is 2.46. The minimum absolute atomic E-state index is 0.0488. The van der Waals surface area contributed by atoms with Gasteiger partial charge in [-0.3, -0.25) is 4.79 Å². The lowest BCUT2D eigenvalue weighted by Crippen LogP contribution is -2.46. The first-order chi connectivity index (χ1) is 11.7. The van der Waals surface area contributed by atoms with Crippen LogP contribution in [-0.2, 0) is 4.79 Å². The number of aromatic nitrogens is 1. The standard InChI is InChI=1S/C19H21N3O2/c1-21-11-13-22(14-12-21)19(23)10-8-16-7-9-18(20-15-16)24-17-5-3-2-4-6-17/h2-10,15H,11-14H2,1H3/b10-8+. The van der Waals surface area contributed by atoms with E-state index in [4.69, 9.17) is 4.74 Å². The van der Waals surface area contributed by atoms with Crippen LogP contribution in [0.1, 0.15) is 5.56 Å². The zero-order valence-electron chi connectivity index (χ0n) is 13.8. The lowest BCUT2D eigenvalue weighted by atomic mass is 10.2. The normalized spacial score (nSPS) is 15.6. The highest BCUT2D eigenvalue weighted by molar-refractivity contribution is 5.91. The molecule has 24 heavy (non-hydrogen) atoms. The van der Waals surface area contributed by atoms with Crippen molar-refractivity contribution in [2.75, 3.05) is 33.2 Å². The quantitative estimate of drug-likeness (QED) is 0.812. The number of nitrogens with zero attached hydrogens (tertiary/aromatic N) is 3. The van der Waals surface area contributed by atoms with Gasteiger partial charge in [0.25, 0.3) is 0 Å². The van der Waals surface area contributed by atoms with Crippen LogP contribution in [0.3, 0.4) is 0 Å². The molecule has 1 amide bonds. The summed E-state index contributed by atoms with van der Waals surface area (Å²) in [5, 5.41) is 0. The fraction of sp³-hybridized carbons (Fsp3) is 0.263. The SMILES string of the molecule is CN1CCN(C(=O)/C=C/c2ccc(Oc3ccccc3)nc2)CC1. The van der Waals surface area contributed by atoms with E-state index in [1.807, 2.05) is 41.3 Å². The van der Waals surface area contributed by atoms with Crippen LogP contribution in [0.15, 0.2) is 54.7 Å². The van der Waals surface area contributed by atoms with Crippen LogP contribution in [0.2, 0.25) is 0 Å². The van der Waals surface area contributed by atoms with Crippen molar-refractivity contribution in [2.24, 2.45) is 0 Å². The Labute approximate surface area is 142 Å². The summed E-state index contributed by atoms with van der Waals surface area (Å²) in [6.45, 7) is 3.41. The predicted octanol–water partition coefficient (Wildman–Crippen LogP) is 2.66. The van der Waals surface area contributed by atoms with Gasteiger partial charge in [0.15, 0.2) is 0 Å². The first-order valence-electron chi connectivity index (χ1n) is 8.05. The summed E-state index contributed by atoms with van der Waals surface area (Å²) < 4.78 is 5.65. The van der Waals surface area contributed by atoms with E-state index < -0.39 is 0 Å². The van der Waals surface area contributed by atoms with Gasteiger partial charge < -0.3 is 14.5 Å². The van der Waals surface area contributed by atoms with E-state index in [-0.39, 0.29) is 5.91 Å². The maximum Gasteiger partial charge on any atom is 0.246 e. The molecule has 5 heteroatoms.